The van der Waals surface area contributed by atoms with Crippen LogP contribution in [-0.2, 0) is 11.3 Å². The molecule has 3 nitrogen and oxygen atoms in total. The predicted molar refractivity (Wildman–Crippen MR) is 78.1 cm³/mol. The van der Waals surface area contributed by atoms with Gasteiger partial charge in [-0.1, -0.05) is 13.0 Å². The van der Waals surface area contributed by atoms with Gasteiger partial charge in [0, 0.05) is 20.2 Å². The molecule has 0 bridgehead atoms. The summed E-state index contributed by atoms with van der Waals surface area (Å²) >= 11 is 3.55. The van der Waals surface area contributed by atoms with E-state index in [1.807, 2.05) is 6.07 Å². The van der Waals surface area contributed by atoms with Gasteiger partial charge >= 0.3 is 0 Å². The highest BCUT2D eigenvalue weighted by atomic mass is 79.9. The molecule has 0 heterocycles. The minimum atomic E-state index is 0.243. The summed E-state index contributed by atoms with van der Waals surface area (Å²) in [7, 11) is 1.71. The molecule has 0 aromatic heterocycles. The second kappa shape index (κ2) is 8.51. The van der Waals surface area contributed by atoms with Crippen LogP contribution >= 0.6 is 15.9 Å². The molecule has 1 N–H and O–H groups in total. The van der Waals surface area contributed by atoms with E-state index in [0.717, 1.165) is 36.3 Å². The molecular weight excluding hydrogens is 294 g/mol. The Hall–Kier alpha value is -0.580. The van der Waals surface area contributed by atoms with Crippen LogP contribution in [-0.4, -0.2) is 26.4 Å². The summed E-state index contributed by atoms with van der Waals surface area (Å²) in [5.41, 5.74) is 1.23. The monoisotopic (exact) mass is 315 g/mol. The quantitative estimate of drug-likeness (QED) is 0.746. The van der Waals surface area contributed by atoms with E-state index in [4.69, 9.17) is 9.47 Å². The molecule has 1 rings (SSSR count). The van der Waals surface area contributed by atoms with Gasteiger partial charge in [-0.3, -0.25) is 0 Å². The molecule has 102 valence electrons. The number of nitrogens with one attached hydrogen (secondary N) is 1. The number of benzene rings is 1. The van der Waals surface area contributed by atoms with Crippen molar-refractivity contribution in [2.24, 2.45) is 0 Å². The Morgan fingerprint density at radius 1 is 1.39 bits per heavy atom. The van der Waals surface area contributed by atoms with Crippen LogP contribution in [0.25, 0.3) is 0 Å². The van der Waals surface area contributed by atoms with E-state index in [2.05, 4.69) is 47.2 Å². The molecule has 18 heavy (non-hydrogen) atoms. The number of hydrogen-bond acceptors (Lipinski definition) is 3. The van der Waals surface area contributed by atoms with Gasteiger partial charge in [0.15, 0.2) is 0 Å². The van der Waals surface area contributed by atoms with Crippen molar-refractivity contribution in [3.63, 3.8) is 0 Å². The van der Waals surface area contributed by atoms with Gasteiger partial charge in [0.1, 0.15) is 5.75 Å². The third-order valence-corrected chi connectivity index (χ3v) is 3.33. The number of rotatable bonds is 8. The van der Waals surface area contributed by atoms with Crippen LogP contribution in [0.1, 0.15) is 25.8 Å². The molecule has 0 spiro atoms. The predicted octanol–water partition coefficient (Wildman–Crippen LogP) is 3.36. The molecule has 1 aromatic carbocycles. The van der Waals surface area contributed by atoms with Gasteiger partial charge < -0.3 is 14.8 Å². The van der Waals surface area contributed by atoms with Crippen molar-refractivity contribution in [2.75, 3.05) is 20.3 Å². The Bertz CT molecular complexity index is 358. The summed E-state index contributed by atoms with van der Waals surface area (Å²) in [5.74, 6) is 0.907. The van der Waals surface area contributed by atoms with E-state index < -0.39 is 0 Å². The zero-order valence-corrected chi connectivity index (χ0v) is 12.9. The summed E-state index contributed by atoms with van der Waals surface area (Å²) in [6.45, 7) is 6.63. The third kappa shape index (κ3) is 5.38. The van der Waals surface area contributed by atoms with E-state index >= 15 is 0 Å². The van der Waals surface area contributed by atoms with Gasteiger partial charge in [-0.05, 0) is 47.0 Å². The standard InChI is InChI=1S/C14H22BrNO2/c1-4-11(2)18-14-6-5-12(9-13(14)15)10-16-7-8-17-3/h5-6,9,11,16H,4,7-8,10H2,1-3H3. The molecule has 1 unspecified atom stereocenters. The number of methoxy groups -OCH3 is 1. The molecule has 0 radical (unpaired) electrons. The fourth-order valence-corrected chi connectivity index (χ4v) is 1.98. The summed E-state index contributed by atoms with van der Waals surface area (Å²) in [6, 6.07) is 6.20. The highest BCUT2D eigenvalue weighted by Crippen LogP contribution is 2.27. The second-order valence-corrected chi connectivity index (χ2v) is 5.13. The van der Waals surface area contributed by atoms with E-state index in [9.17, 15) is 0 Å². The van der Waals surface area contributed by atoms with Crippen LogP contribution < -0.4 is 10.1 Å². The maximum absolute atomic E-state index is 5.81. The lowest BCUT2D eigenvalue weighted by molar-refractivity contribution is 0.199. The van der Waals surface area contributed by atoms with Gasteiger partial charge in [-0.25, -0.2) is 0 Å². The van der Waals surface area contributed by atoms with E-state index in [1.165, 1.54) is 5.56 Å². The summed E-state index contributed by atoms with van der Waals surface area (Å²) in [4.78, 5) is 0. The highest BCUT2D eigenvalue weighted by molar-refractivity contribution is 9.10. The van der Waals surface area contributed by atoms with Crippen molar-refractivity contribution in [3.8, 4) is 5.75 Å². The molecule has 0 saturated heterocycles. The Labute approximate surface area is 118 Å². The molecule has 0 amide bonds. The summed E-state index contributed by atoms with van der Waals surface area (Å²) < 4.78 is 11.8. The second-order valence-electron chi connectivity index (χ2n) is 4.27. The van der Waals surface area contributed by atoms with Crippen LogP contribution in [0.4, 0.5) is 0 Å². The molecule has 0 fully saturated rings. The summed E-state index contributed by atoms with van der Waals surface area (Å²) in [6.07, 6.45) is 1.25. The normalized spacial score (nSPS) is 12.4. The van der Waals surface area contributed by atoms with E-state index in [1.54, 1.807) is 7.11 Å². The fraction of sp³-hybridized carbons (Fsp3) is 0.571. The maximum Gasteiger partial charge on any atom is 0.133 e. The van der Waals surface area contributed by atoms with Crippen molar-refractivity contribution >= 4 is 15.9 Å². The SMILES string of the molecule is CCC(C)Oc1ccc(CNCCOC)cc1Br. The largest absolute Gasteiger partial charge is 0.490 e. The molecule has 4 heteroatoms. The van der Waals surface area contributed by atoms with Gasteiger partial charge in [-0.2, -0.15) is 0 Å². The minimum absolute atomic E-state index is 0.243. The molecule has 1 aromatic rings. The van der Waals surface area contributed by atoms with Crippen molar-refractivity contribution in [1.29, 1.82) is 0 Å². The lowest BCUT2D eigenvalue weighted by Gasteiger charge is -2.14. The third-order valence-electron chi connectivity index (χ3n) is 2.71. The summed E-state index contributed by atoms with van der Waals surface area (Å²) in [5, 5.41) is 3.31. The molecule has 1 atom stereocenters. The van der Waals surface area contributed by atoms with E-state index in [-0.39, 0.29) is 6.10 Å². The number of halogens is 1. The van der Waals surface area contributed by atoms with Gasteiger partial charge in [0.2, 0.25) is 0 Å². The van der Waals surface area contributed by atoms with Crippen LogP contribution in [0.15, 0.2) is 22.7 Å². The Kier molecular flexibility index (Phi) is 7.32. The van der Waals surface area contributed by atoms with Gasteiger partial charge in [0.25, 0.3) is 0 Å². The lowest BCUT2D eigenvalue weighted by Crippen LogP contribution is -2.18. The van der Waals surface area contributed by atoms with Crippen LogP contribution in [0.3, 0.4) is 0 Å². The zero-order chi connectivity index (χ0) is 13.4. The Morgan fingerprint density at radius 2 is 2.17 bits per heavy atom. The lowest BCUT2D eigenvalue weighted by atomic mass is 10.2. The number of ether oxygens (including phenoxy) is 2. The first-order valence-corrected chi connectivity index (χ1v) is 7.11. The molecule has 0 aliphatic heterocycles. The molecule has 0 aliphatic rings. The fourth-order valence-electron chi connectivity index (χ4n) is 1.46. The topological polar surface area (TPSA) is 30.5 Å². The Balaban J connectivity index is 2.51. The van der Waals surface area contributed by atoms with Crippen molar-refractivity contribution in [3.05, 3.63) is 28.2 Å². The molecular formula is C14H22BrNO2. The Morgan fingerprint density at radius 3 is 2.78 bits per heavy atom. The maximum atomic E-state index is 5.81. The zero-order valence-electron chi connectivity index (χ0n) is 11.3. The van der Waals surface area contributed by atoms with E-state index in [0.29, 0.717) is 0 Å². The average Bonchev–Trinajstić information content (AvgIpc) is 2.37. The van der Waals surface area contributed by atoms with Gasteiger partial charge in [0.05, 0.1) is 17.2 Å². The van der Waals surface area contributed by atoms with Crippen molar-refractivity contribution < 1.29 is 9.47 Å². The highest BCUT2D eigenvalue weighted by Gasteiger charge is 2.06. The first-order valence-electron chi connectivity index (χ1n) is 6.32. The van der Waals surface area contributed by atoms with Crippen molar-refractivity contribution in [1.82, 2.24) is 5.32 Å². The molecule has 0 saturated carbocycles. The van der Waals surface area contributed by atoms with Gasteiger partial charge in [-0.15, -0.1) is 0 Å². The first kappa shape index (κ1) is 15.5. The molecule has 0 aliphatic carbocycles. The smallest absolute Gasteiger partial charge is 0.133 e. The minimum Gasteiger partial charge on any atom is -0.490 e. The van der Waals surface area contributed by atoms with Crippen LogP contribution in [0.2, 0.25) is 0 Å². The van der Waals surface area contributed by atoms with Crippen LogP contribution in [0, 0.1) is 0 Å². The number of hydrogen-bond donors (Lipinski definition) is 1. The average molecular weight is 316 g/mol. The van der Waals surface area contributed by atoms with Crippen molar-refractivity contribution in [2.45, 2.75) is 32.9 Å². The first-order chi connectivity index (χ1) is 8.67. The van der Waals surface area contributed by atoms with Crippen LogP contribution in [0.5, 0.6) is 5.75 Å².